The molecular formula is C20H17FN4S. The lowest BCUT2D eigenvalue weighted by molar-refractivity contribution is 0.587. The second kappa shape index (κ2) is 6.80. The van der Waals surface area contributed by atoms with E-state index in [9.17, 15) is 4.39 Å². The third-order valence-electron chi connectivity index (χ3n) is 4.17. The third-order valence-corrected chi connectivity index (χ3v) is 5.14. The number of aryl methyl sites for hydroxylation is 2. The van der Waals surface area contributed by atoms with Crippen molar-refractivity contribution in [3.63, 3.8) is 0 Å². The number of nitrogens with zero attached hydrogens (tertiary/aromatic N) is 4. The topological polar surface area (TPSA) is 43.6 Å². The Balaban J connectivity index is 1.84. The van der Waals surface area contributed by atoms with Crippen LogP contribution in [-0.4, -0.2) is 19.7 Å². The molecule has 0 aliphatic carbocycles. The van der Waals surface area contributed by atoms with E-state index < -0.39 is 0 Å². The molecule has 0 saturated heterocycles. The molecule has 130 valence electrons. The normalized spacial score (nSPS) is 11.0. The summed E-state index contributed by atoms with van der Waals surface area (Å²) < 4.78 is 16.0. The number of aromatic nitrogens is 4. The maximum Gasteiger partial charge on any atom is 0.180 e. The predicted molar refractivity (Wildman–Crippen MR) is 102 cm³/mol. The molecule has 0 bridgehead atoms. The fraction of sp³-hybridized carbons (Fsp3) is 0.150. The fourth-order valence-electron chi connectivity index (χ4n) is 2.97. The first-order chi connectivity index (χ1) is 12.6. The van der Waals surface area contributed by atoms with E-state index >= 15 is 0 Å². The summed E-state index contributed by atoms with van der Waals surface area (Å²) in [4.78, 5) is 11.0. The quantitative estimate of drug-likeness (QED) is 0.519. The van der Waals surface area contributed by atoms with Gasteiger partial charge < -0.3 is 0 Å². The minimum Gasteiger partial charge on any atom is -0.260 e. The van der Waals surface area contributed by atoms with Gasteiger partial charge in [0.1, 0.15) is 11.5 Å². The number of thiophene rings is 1. The van der Waals surface area contributed by atoms with Crippen molar-refractivity contribution in [2.45, 2.75) is 20.4 Å². The van der Waals surface area contributed by atoms with Crippen LogP contribution in [0.3, 0.4) is 0 Å². The smallest absolute Gasteiger partial charge is 0.180 e. The molecule has 4 rings (SSSR count). The second-order valence-corrected chi connectivity index (χ2v) is 7.52. The summed E-state index contributed by atoms with van der Waals surface area (Å²) in [5, 5.41) is 4.67. The van der Waals surface area contributed by atoms with Crippen LogP contribution in [0, 0.1) is 19.7 Å². The van der Waals surface area contributed by atoms with Crippen molar-refractivity contribution in [2.24, 2.45) is 0 Å². The molecule has 0 aliphatic heterocycles. The van der Waals surface area contributed by atoms with Gasteiger partial charge in [-0.15, -0.1) is 11.3 Å². The van der Waals surface area contributed by atoms with Crippen molar-refractivity contribution in [3.05, 3.63) is 76.0 Å². The van der Waals surface area contributed by atoms with Crippen LogP contribution in [0.1, 0.15) is 15.3 Å². The Morgan fingerprint density at radius 3 is 2.50 bits per heavy atom. The lowest BCUT2D eigenvalue weighted by atomic mass is 10.1. The average Bonchev–Trinajstić information content (AvgIpc) is 3.20. The monoisotopic (exact) mass is 364 g/mol. The molecule has 0 N–H and O–H groups in total. The highest BCUT2D eigenvalue weighted by Crippen LogP contribution is 2.33. The van der Waals surface area contributed by atoms with Crippen molar-refractivity contribution in [1.82, 2.24) is 19.7 Å². The Hall–Kier alpha value is -2.86. The Morgan fingerprint density at radius 2 is 1.81 bits per heavy atom. The molecule has 0 radical (unpaired) electrons. The third kappa shape index (κ3) is 3.15. The lowest BCUT2D eigenvalue weighted by Gasteiger charge is -2.08. The van der Waals surface area contributed by atoms with E-state index in [0.717, 1.165) is 11.3 Å². The highest BCUT2D eigenvalue weighted by molar-refractivity contribution is 7.12. The molecule has 6 heteroatoms. The van der Waals surface area contributed by atoms with Crippen LogP contribution >= 0.6 is 11.3 Å². The van der Waals surface area contributed by atoms with Gasteiger partial charge in [0.15, 0.2) is 5.82 Å². The average molecular weight is 364 g/mol. The van der Waals surface area contributed by atoms with Crippen LogP contribution in [0.2, 0.25) is 0 Å². The minimum atomic E-state index is -0.232. The van der Waals surface area contributed by atoms with E-state index in [1.807, 2.05) is 16.8 Å². The number of hydrogen-bond acceptors (Lipinski definition) is 4. The van der Waals surface area contributed by atoms with Crippen molar-refractivity contribution >= 4 is 11.3 Å². The summed E-state index contributed by atoms with van der Waals surface area (Å²) in [7, 11) is 0. The molecule has 3 aromatic heterocycles. The van der Waals surface area contributed by atoms with E-state index in [4.69, 9.17) is 0 Å². The summed E-state index contributed by atoms with van der Waals surface area (Å²) in [6.07, 6.45) is 3.38. The molecule has 0 saturated carbocycles. The van der Waals surface area contributed by atoms with Gasteiger partial charge in [0, 0.05) is 33.3 Å². The number of rotatable bonds is 4. The van der Waals surface area contributed by atoms with E-state index in [-0.39, 0.29) is 5.82 Å². The Kier molecular flexibility index (Phi) is 4.34. The summed E-state index contributed by atoms with van der Waals surface area (Å²) in [6.45, 7) is 4.52. The van der Waals surface area contributed by atoms with Gasteiger partial charge >= 0.3 is 0 Å². The highest BCUT2D eigenvalue weighted by Gasteiger charge is 2.17. The largest absolute Gasteiger partial charge is 0.260 e. The molecule has 0 atom stereocenters. The fourth-order valence-corrected chi connectivity index (χ4v) is 3.90. The molecular weight excluding hydrogens is 347 g/mol. The van der Waals surface area contributed by atoms with Crippen LogP contribution < -0.4 is 0 Å². The van der Waals surface area contributed by atoms with Crippen molar-refractivity contribution in [2.75, 3.05) is 0 Å². The van der Waals surface area contributed by atoms with Crippen molar-refractivity contribution in [1.29, 1.82) is 0 Å². The minimum absolute atomic E-state index is 0.232. The molecule has 26 heavy (non-hydrogen) atoms. The predicted octanol–water partition coefficient (Wildman–Crippen LogP) is 4.87. The first kappa shape index (κ1) is 16.6. The van der Waals surface area contributed by atoms with E-state index in [2.05, 4.69) is 35.0 Å². The lowest BCUT2D eigenvalue weighted by Crippen LogP contribution is -2.06. The first-order valence-electron chi connectivity index (χ1n) is 8.28. The van der Waals surface area contributed by atoms with Crippen molar-refractivity contribution < 1.29 is 4.39 Å². The number of benzene rings is 1. The Morgan fingerprint density at radius 1 is 1.04 bits per heavy atom. The Bertz CT molecular complexity index is 1050. The van der Waals surface area contributed by atoms with Crippen LogP contribution in [0.25, 0.3) is 22.8 Å². The molecule has 4 nitrogen and oxygen atoms in total. The molecule has 4 aromatic rings. The summed E-state index contributed by atoms with van der Waals surface area (Å²) in [5.41, 5.74) is 3.33. The molecule has 1 aromatic carbocycles. The maximum absolute atomic E-state index is 14.2. The van der Waals surface area contributed by atoms with Gasteiger partial charge in [0.2, 0.25) is 0 Å². The zero-order valence-corrected chi connectivity index (χ0v) is 15.3. The Labute approximate surface area is 155 Å². The summed E-state index contributed by atoms with van der Waals surface area (Å²) >= 11 is 1.74. The van der Waals surface area contributed by atoms with Gasteiger partial charge in [0.05, 0.1) is 12.2 Å². The molecule has 0 fully saturated rings. The van der Waals surface area contributed by atoms with E-state index in [0.29, 0.717) is 23.6 Å². The highest BCUT2D eigenvalue weighted by atomic mass is 32.1. The van der Waals surface area contributed by atoms with Crippen molar-refractivity contribution in [3.8, 4) is 22.8 Å². The van der Waals surface area contributed by atoms with Gasteiger partial charge in [-0.05, 0) is 38.1 Å². The summed E-state index contributed by atoms with van der Waals surface area (Å²) in [5.74, 6) is 0.329. The molecule has 0 amide bonds. The zero-order valence-electron chi connectivity index (χ0n) is 14.5. The second-order valence-electron chi connectivity index (χ2n) is 6.06. The molecule has 3 heterocycles. The van der Waals surface area contributed by atoms with Crippen LogP contribution in [0.4, 0.5) is 4.39 Å². The van der Waals surface area contributed by atoms with E-state index in [1.54, 1.807) is 41.9 Å². The standard InChI is InChI=1S/C20H17FN4S/c1-13-10-16(14(2)26-13)19-11-18(20-22-8-5-9-23-20)24-25(19)12-15-6-3-4-7-17(15)21/h3-11H,12H2,1-2H3. The first-order valence-corrected chi connectivity index (χ1v) is 9.09. The number of hydrogen-bond donors (Lipinski definition) is 0. The van der Waals surface area contributed by atoms with Gasteiger partial charge in [-0.3, -0.25) is 4.68 Å². The van der Waals surface area contributed by atoms with Gasteiger partial charge in [-0.1, -0.05) is 18.2 Å². The summed E-state index contributed by atoms with van der Waals surface area (Å²) in [6, 6.07) is 12.7. The van der Waals surface area contributed by atoms with Crippen LogP contribution in [-0.2, 0) is 6.54 Å². The molecule has 0 unspecified atom stereocenters. The van der Waals surface area contributed by atoms with Crippen LogP contribution in [0.5, 0.6) is 0 Å². The van der Waals surface area contributed by atoms with Gasteiger partial charge in [0.25, 0.3) is 0 Å². The number of halogens is 1. The van der Waals surface area contributed by atoms with Crippen LogP contribution in [0.15, 0.2) is 54.9 Å². The van der Waals surface area contributed by atoms with Gasteiger partial charge in [-0.25, -0.2) is 14.4 Å². The van der Waals surface area contributed by atoms with E-state index in [1.165, 1.54) is 15.8 Å². The van der Waals surface area contributed by atoms with Gasteiger partial charge in [-0.2, -0.15) is 5.10 Å². The molecule has 0 spiro atoms. The maximum atomic E-state index is 14.2. The SMILES string of the molecule is Cc1cc(-c2cc(-c3ncccn3)nn2Cc2ccccc2F)c(C)s1. The molecule has 0 aliphatic rings. The zero-order chi connectivity index (χ0) is 18.1.